The lowest BCUT2D eigenvalue weighted by atomic mass is 10.2. The van der Waals surface area contributed by atoms with Crippen LogP contribution in [0, 0.1) is 0 Å². The Bertz CT molecular complexity index is 178. The van der Waals surface area contributed by atoms with Gasteiger partial charge in [-0.25, -0.2) is 0 Å². The second kappa shape index (κ2) is 7.62. The summed E-state index contributed by atoms with van der Waals surface area (Å²) in [6.45, 7) is 8.79. The highest BCUT2D eigenvalue weighted by atomic mass is 16.6. The molecule has 0 bridgehead atoms. The molecule has 0 unspecified atom stereocenters. The van der Waals surface area contributed by atoms with Crippen LogP contribution in [0.15, 0.2) is 0 Å². The second-order valence-electron chi connectivity index (χ2n) is 4.30. The molecule has 0 aromatic rings. The molecule has 0 aromatic heterocycles. The standard InChI is InChI=1S/C10H23N3O2/c1-10(2,3)15-9(14)8-13-7-6-12-5-4-11/h12-13H,4-8,11H2,1-3H3. The Morgan fingerprint density at radius 2 is 1.80 bits per heavy atom. The fourth-order valence-electron chi connectivity index (χ4n) is 0.972. The zero-order valence-electron chi connectivity index (χ0n) is 9.93. The van der Waals surface area contributed by atoms with E-state index in [0.29, 0.717) is 6.54 Å². The minimum absolute atomic E-state index is 0.221. The summed E-state index contributed by atoms with van der Waals surface area (Å²) >= 11 is 0. The molecule has 0 aliphatic heterocycles. The van der Waals surface area contributed by atoms with E-state index in [4.69, 9.17) is 10.5 Å². The number of carbonyl (C=O) groups is 1. The molecule has 5 heteroatoms. The van der Waals surface area contributed by atoms with Crippen LogP contribution in [0.3, 0.4) is 0 Å². The molecule has 0 atom stereocenters. The van der Waals surface area contributed by atoms with Crippen molar-refractivity contribution >= 4 is 5.97 Å². The normalized spacial score (nSPS) is 11.5. The van der Waals surface area contributed by atoms with Gasteiger partial charge in [0.15, 0.2) is 0 Å². The largest absolute Gasteiger partial charge is 0.459 e. The van der Waals surface area contributed by atoms with Gasteiger partial charge in [0.05, 0.1) is 6.54 Å². The van der Waals surface area contributed by atoms with Gasteiger partial charge in [-0.2, -0.15) is 0 Å². The first kappa shape index (κ1) is 14.3. The van der Waals surface area contributed by atoms with Crippen LogP contribution in [0.2, 0.25) is 0 Å². The van der Waals surface area contributed by atoms with Crippen LogP contribution in [0.4, 0.5) is 0 Å². The monoisotopic (exact) mass is 217 g/mol. The zero-order chi connectivity index (χ0) is 11.7. The molecule has 90 valence electrons. The third-order valence-electron chi connectivity index (χ3n) is 1.49. The smallest absolute Gasteiger partial charge is 0.320 e. The van der Waals surface area contributed by atoms with Crippen molar-refractivity contribution in [1.82, 2.24) is 10.6 Å². The molecule has 15 heavy (non-hydrogen) atoms. The fraction of sp³-hybridized carbons (Fsp3) is 0.900. The van der Waals surface area contributed by atoms with Crippen molar-refractivity contribution in [3.05, 3.63) is 0 Å². The van der Waals surface area contributed by atoms with Crippen molar-refractivity contribution in [2.24, 2.45) is 5.73 Å². The van der Waals surface area contributed by atoms with E-state index < -0.39 is 5.60 Å². The Labute approximate surface area is 91.7 Å². The average molecular weight is 217 g/mol. The fourth-order valence-corrected chi connectivity index (χ4v) is 0.972. The minimum Gasteiger partial charge on any atom is -0.459 e. The lowest BCUT2D eigenvalue weighted by Crippen LogP contribution is -2.35. The number of ether oxygens (including phenoxy) is 1. The Morgan fingerprint density at radius 3 is 2.33 bits per heavy atom. The van der Waals surface area contributed by atoms with Crippen molar-refractivity contribution in [2.75, 3.05) is 32.7 Å². The van der Waals surface area contributed by atoms with E-state index in [1.54, 1.807) is 0 Å². The zero-order valence-corrected chi connectivity index (χ0v) is 9.93. The topological polar surface area (TPSA) is 76.4 Å². The lowest BCUT2D eigenvalue weighted by molar-refractivity contribution is -0.153. The van der Waals surface area contributed by atoms with Gasteiger partial charge >= 0.3 is 5.97 Å². The van der Waals surface area contributed by atoms with Crippen molar-refractivity contribution in [3.63, 3.8) is 0 Å². The van der Waals surface area contributed by atoms with Crippen molar-refractivity contribution in [2.45, 2.75) is 26.4 Å². The number of nitrogens with one attached hydrogen (secondary N) is 2. The lowest BCUT2D eigenvalue weighted by Gasteiger charge is -2.19. The van der Waals surface area contributed by atoms with Crippen LogP contribution in [0.1, 0.15) is 20.8 Å². The van der Waals surface area contributed by atoms with Gasteiger partial charge < -0.3 is 21.1 Å². The molecular weight excluding hydrogens is 194 g/mol. The molecule has 0 amide bonds. The van der Waals surface area contributed by atoms with E-state index in [-0.39, 0.29) is 12.5 Å². The van der Waals surface area contributed by atoms with E-state index in [0.717, 1.165) is 19.6 Å². The van der Waals surface area contributed by atoms with Gasteiger partial charge in [-0.3, -0.25) is 4.79 Å². The third kappa shape index (κ3) is 11.3. The quantitative estimate of drug-likeness (QED) is 0.395. The molecule has 0 fully saturated rings. The maximum atomic E-state index is 11.2. The number of nitrogens with two attached hydrogens (primary N) is 1. The van der Waals surface area contributed by atoms with Crippen LogP contribution < -0.4 is 16.4 Å². The highest BCUT2D eigenvalue weighted by Crippen LogP contribution is 2.05. The van der Waals surface area contributed by atoms with Gasteiger partial charge in [-0.15, -0.1) is 0 Å². The molecule has 4 N–H and O–H groups in total. The summed E-state index contributed by atoms with van der Waals surface area (Å²) in [6.07, 6.45) is 0. The van der Waals surface area contributed by atoms with E-state index in [1.807, 2.05) is 20.8 Å². The van der Waals surface area contributed by atoms with E-state index in [1.165, 1.54) is 0 Å². The van der Waals surface area contributed by atoms with Gasteiger partial charge in [0.25, 0.3) is 0 Å². The van der Waals surface area contributed by atoms with E-state index in [2.05, 4.69) is 10.6 Å². The summed E-state index contributed by atoms with van der Waals surface area (Å²) in [6, 6.07) is 0. The number of carbonyl (C=O) groups excluding carboxylic acids is 1. The number of esters is 1. The number of hydrogen-bond acceptors (Lipinski definition) is 5. The van der Waals surface area contributed by atoms with Gasteiger partial charge in [0.2, 0.25) is 0 Å². The summed E-state index contributed by atoms with van der Waals surface area (Å²) in [4.78, 5) is 11.2. The molecule has 0 spiro atoms. The molecule has 0 heterocycles. The first-order chi connectivity index (χ1) is 6.95. The molecule has 0 aliphatic carbocycles. The van der Waals surface area contributed by atoms with Gasteiger partial charge in [-0.1, -0.05) is 0 Å². The van der Waals surface area contributed by atoms with Crippen molar-refractivity contribution in [3.8, 4) is 0 Å². The van der Waals surface area contributed by atoms with E-state index >= 15 is 0 Å². The minimum atomic E-state index is -0.406. The third-order valence-corrected chi connectivity index (χ3v) is 1.49. The maximum absolute atomic E-state index is 11.2. The Balaban J connectivity index is 3.32. The molecule has 0 aliphatic rings. The van der Waals surface area contributed by atoms with Crippen LogP contribution in [-0.4, -0.2) is 44.3 Å². The maximum Gasteiger partial charge on any atom is 0.320 e. The van der Waals surface area contributed by atoms with Gasteiger partial charge in [-0.05, 0) is 20.8 Å². The molecule has 0 aromatic carbocycles. The second-order valence-corrected chi connectivity index (χ2v) is 4.30. The van der Waals surface area contributed by atoms with Crippen molar-refractivity contribution in [1.29, 1.82) is 0 Å². The predicted molar refractivity (Wildman–Crippen MR) is 60.6 cm³/mol. The summed E-state index contributed by atoms with van der Waals surface area (Å²) in [7, 11) is 0. The van der Waals surface area contributed by atoms with Gasteiger partial charge in [0.1, 0.15) is 5.60 Å². The SMILES string of the molecule is CC(C)(C)OC(=O)CNCCNCCN. The number of hydrogen-bond donors (Lipinski definition) is 3. The van der Waals surface area contributed by atoms with Gasteiger partial charge in [0, 0.05) is 26.2 Å². The Hall–Kier alpha value is -0.650. The van der Waals surface area contributed by atoms with Crippen LogP contribution in [0.25, 0.3) is 0 Å². The summed E-state index contributed by atoms with van der Waals surface area (Å²) < 4.78 is 5.12. The predicted octanol–water partition coefficient (Wildman–Crippen LogP) is -0.534. The summed E-state index contributed by atoms with van der Waals surface area (Å²) in [5.74, 6) is -0.221. The molecule has 0 saturated carbocycles. The average Bonchev–Trinajstić information content (AvgIpc) is 2.08. The van der Waals surface area contributed by atoms with Crippen LogP contribution >= 0.6 is 0 Å². The molecule has 5 nitrogen and oxygen atoms in total. The van der Waals surface area contributed by atoms with Crippen LogP contribution in [-0.2, 0) is 9.53 Å². The Kier molecular flexibility index (Phi) is 7.29. The summed E-state index contributed by atoms with van der Waals surface area (Å²) in [5.41, 5.74) is 4.90. The first-order valence-corrected chi connectivity index (χ1v) is 5.29. The highest BCUT2D eigenvalue weighted by Gasteiger charge is 2.15. The van der Waals surface area contributed by atoms with E-state index in [9.17, 15) is 4.79 Å². The molecular formula is C10H23N3O2. The summed E-state index contributed by atoms with van der Waals surface area (Å²) in [5, 5.41) is 6.11. The van der Waals surface area contributed by atoms with Crippen molar-refractivity contribution < 1.29 is 9.53 Å². The first-order valence-electron chi connectivity index (χ1n) is 5.29. The highest BCUT2D eigenvalue weighted by molar-refractivity contribution is 5.72. The Morgan fingerprint density at radius 1 is 1.20 bits per heavy atom. The molecule has 0 saturated heterocycles. The molecule has 0 radical (unpaired) electrons. The van der Waals surface area contributed by atoms with Crippen LogP contribution in [0.5, 0.6) is 0 Å². The molecule has 0 rings (SSSR count). The number of rotatable bonds is 7.